The van der Waals surface area contributed by atoms with Crippen LogP contribution in [0.15, 0.2) is 16.8 Å². The van der Waals surface area contributed by atoms with Crippen molar-refractivity contribution in [2.45, 2.75) is 32.9 Å². The number of rotatable bonds is 5. The lowest BCUT2D eigenvalue weighted by atomic mass is 10.1. The van der Waals surface area contributed by atoms with Crippen LogP contribution in [-0.4, -0.2) is 34.7 Å². The molecule has 1 aromatic rings. The minimum Gasteiger partial charge on any atom is -0.389 e. The molecule has 0 atom stereocenters. The number of hydrogen-bond acceptors (Lipinski definition) is 3. The van der Waals surface area contributed by atoms with Gasteiger partial charge in [0, 0.05) is 13.1 Å². The number of aliphatic hydroxyl groups is 1. The quantitative estimate of drug-likeness (QED) is 0.847. The largest absolute Gasteiger partial charge is 0.389 e. The molecule has 0 aliphatic heterocycles. The standard InChI is InChI=1S/C12H20N2O2S/c1-4-14(9-12(2,3)16)11(15)13-7-10-5-6-17-8-10/h5-6,8,16H,4,7,9H2,1-3H3,(H,13,15). The summed E-state index contributed by atoms with van der Waals surface area (Å²) in [7, 11) is 0. The van der Waals surface area contributed by atoms with Crippen molar-refractivity contribution in [3.05, 3.63) is 22.4 Å². The van der Waals surface area contributed by atoms with Crippen LogP contribution in [0.5, 0.6) is 0 Å². The van der Waals surface area contributed by atoms with Gasteiger partial charge in [-0.05, 0) is 43.2 Å². The van der Waals surface area contributed by atoms with Gasteiger partial charge in [-0.3, -0.25) is 0 Å². The Hall–Kier alpha value is -1.07. The molecule has 0 saturated heterocycles. The molecule has 0 aromatic carbocycles. The van der Waals surface area contributed by atoms with E-state index >= 15 is 0 Å². The summed E-state index contributed by atoms with van der Waals surface area (Å²) in [4.78, 5) is 13.5. The SMILES string of the molecule is CCN(CC(C)(C)O)C(=O)NCc1ccsc1. The summed E-state index contributed by atoms with van der Waals surface area (Å²) in [6.07, 6.45) is 0. The first-order valence-electron chi connectivity index (χ1n) is 5.68. The van der Waals surface area contributed by atoms with Gasteiger partial charge in [-0.1, -0.05) is 0 Å². The van der Waals surface area contributed by atoms with Gasteiger partial charge >= 0.3 is 6.03 Å². The lowest BCUT2D eigenvalue weighted by molar-refractivity contribution is 0.0480. The number of thiophene rings is 1. The van der Waals surface area contributed by atoms with Crippen LogP contribution in [-0.2, 0) is 6.54 Å². The minimum absolute atomic E-state index is 0.138. The summed E-state index contributed by atoms with van der Waals surface area (Å²) >= 11 is 1.61. The van der Waals surface area contributed by atoms with E-state index < -0.39 is 5.60 Å². The smallest absolute Gasteiger partial charge is 0.317 e. The Morgan fingerprint density at radius 1 is 1.59 bits per heavy atom. The van der Waals surface area contributed by atoms with Crippen LogP contribution in [0.1, 0.15) is 26.3 Å². The van der Waals surface area contributed by atoms with E-state index in [0.29, 0.717) is 19.6 Å². The highest BCUT2D eigenvalue weighted by Gasteiger charge is 2.20. The van der Waals surface area contributed by atoms with Crippen molar-refractivity contribution in [1.82, 2.24) is 10.2 Å². The van der Waals surface area contributed by atoms with E-state index in [0.717, 1.165) is 5.56 Å². The molecule has 2 N–H and O–H groups in total. The van der Waals surface area contributed by atoms with E-state index in [-0.39, 0.29) is 6.03 Å². The lowest BCUT2D eigenvalue weighted by Gasteiger charge is -2.28. The average molecular weight is 256 g/mol. The third-order valence-corrected chi connectivity index (χ3v) is 3.00. The van der Waals surface area contributed by atoms with Crippen LogP contribution in [0.3, 0.4) is 0 Å². The van der Waals surface area contributed by atoms with Crippen molar-refractivity contribution in [3.8, 4) is 0 Å². The van der Waals surface area contributed by atoms with Gasteiger partial charge in [0.25, 0.3) is 0 Å². The summed E-state index contributed by atoms with van der Waals surface area (Å²) in [5, 5.41) is 16.5. The van der Waals surface area contributed by atoms with Gasteiger partial charge in [-0.25, -0.2) is 4.79 Å². The molecule has 17 heavy (non-hydrogen) atoms. The Morgan fingerprint density at radius 2 is 2.29 bits per heavy atom. The van der Waals surface area contributed by atoms with E-state index in [1.807, 2.05) is 23.8 Å². The fraction of sp³-hybridized carbons (Fsp3) is 0.583. The second kappa shape index (κ2) is 6.02. The van der Waals surface area contributed by atoms with Crippen LogP contribution in [0, 0.1) is 0 Å². The first kappa shape index (κ1) is 14.0. The van der Waals surface area contributed by atoms with Crippen molar-refractivity contribution in [3.63, 3.8) is 0 Å². The van der Waals surface area contributed by atoms with Crippen molar-refractivity contribution in [2.24, 2.45) is 0 Å². The van der Waals surface area contributed by atoms with Gasteiger partial charge in [0.2, 0.25) is 0 Å². The topological polar surface area (TPSA) is 52.6 Å². The Bertz CT molecular complexity index is 344. The third-order valence-electron chi connectivity index (χ3n) is 2.27. The predicted molar refractivity (Wildman–Crippen MR) is 70.1 cm³/mol. The van der Waals surface area contributed by atoms with Gasteiger partial charge in [-0.2, -0.15) is 11.3 Å². The molecular formula is C12H20N2O2S. The average Bonchev–Trinajstić information content (AvgIpc) is 2.74. The normalized spacial score (nSPS) is 11.3. The van der Waals surface area contributed by atoms with Crippen molar-refractivity contribution in [2.75, 3.05) is 13.1 Å². The molecule has 1 rings (SSSR count). The zero-order valence-electron chi connectivity index (χ0n) is 10.6. The van der Waals surface area contributed by atoms with Gasteiger partial charge in [-0.15, -0.1) is 0 Å². The fourth-order valence-electron chi connectivity index (χ4n) is 1.48. The summed E-state index contributed by atoms with van der Waals surface area (Å²) in [6.45, 7) is 6.74. The van der Waals surface area contributed by atoms with E-state index in [1.54, 1.807) is 30.1 Å². The van der Waals surface area contributed by atoms with E-state index in [9.17, 15) is 9.90 Å². The molecule has 0 unspecified atom stereocenters. The van der Waals surface area contributed by atoms with Gasteiger partial charge in [0.05, 0.1) is 12.1 Å². The first-order valence-corrected chi connectivity index (χ1v) is 6.63. The molecule has 0 fully saturated rings. The second-order valence-corrected chi connectivity index (χ2v) is 5.40. The van der Waals surface area contributed by atoms with Crippen LogP contribution >= 0.6 is 11.3 Å². The maximum absolute atomic E-state index is 11.9. The van der Waals surface area contributed by atoms with Crippen LogP contribution in [0.25, 0.3) is 0 Å². The number of carbonyl (C=O) groups excluding carboxylic acids is 1. The lowest BCUT2D eigenvalue weighted by Crippen LogP contribution is -2.46. The van der Waals surface area contributed by atoms with Crippen molar-refractivity contribution < 1.29 is 9.90 Å². The number of hydrogen-bond donors (Lipinski definition) is 2. The number of nitrogens with one attached hydrogen (secondary N) is 1. The van der Waals surface area contributed by atoms with Gasteiger partial charge < -0.3 is 15.3 Å². The zero-order chi connectivity index (χ0) is 12.9. The molecule has 0 bridgehead atoms. The van der Waals surface area contributed by atoms with Gasteiger partial charge in [0.1, 0.15) is 0 Å². The Labute approximate surface area is 106 Å². The second-order valence-electron chi connectivity index (χ2n) is 4.62. The molecule has 0 saturated carbocycles. The maximum atomic E-state index is 11.9. The minimum atomic E-state index is -0.865. The molecule has 0 aliphatic carbocycles. The summed E-state index contributed by atoms with van der Waals surface area (Å²) in [5.74, 6) is 0. The van der Waals surface area contributed by atoms with Crippen molar-refractivity contribution in [1.29, 1.82) is 0 Å². The maximum Gasteiger partial charge on any atom is 0.317 e. The molecule has 0 aliphatic rings. The highest BCUT2D eigenvalue weighted by atomic mass is 32.1. The predicted octanol–water partition coefficient (Wildman–Crippen LogP) is 2.05. The number of urea groups is 1. The third kappa shape index (κ3) is 5.19. The monoisotopic (exact) mass is 256 g/mol. The molecule has 1 heterocycles. The van der Waals surface area contributed by atoms with Crippen LogP contribution in [0.2, 0.25) is 0 Å². The first-order chi connectivity index (χ1) is 7.92. The fourth-order valence-corrected chi connectivity index (χ4v) is 2.15. The highest BCUT2D eigenvalue weighted by Crippen LogP contribution is 2.07. The number of amides is 2. The summed E-state index contributed by atoms with van der Waals surface area (Å²) in [5.41, 5.74) is 0.234. The number of carbonyl (C=O) groups is 1. The van der Waals surface area contributed by atoms with E-state index in [4.69, 9.17) is 0 Å². The molecule has 1 aromatic heterocycles. The Balaban J connectivity index is 2.44. The van der Waals surface area contributed by atoms with E-state index in [1.165, 1.54) is 0 Å². The molecule has 5 heteroatoms. The summed E-state index contributed by atoms with van der Waals surface area (Å²) < 4.78 is 0. The highest BCUT2D eigenvalue weighted by molar-refractivity contribution is 7.07. The molecule has 0 radical (unpaired) electrons. The van der Waals surface area contributed by atoms with Crippen molar-refractivity contribution >= 4 is 17.4 Å². The number of likely N-dealkylation sites (N-methyl/N-ethyl adjacent to an activating group) is 1. The molecular weight excluding hydrogens is 236 g/mol. The molecule has 0 spiro atoms. The zero-order valence-corrected chi connectivity index (χ0v) is 11.4. The Morgan fingerprint density at radius 3 is 2.76 bits per heavy atom. The summed E-state index contributed by atoms with van der Waals surface area (Å²) in [6, 6.07) is 1.85. The van der Waals surface area contributed by atoms with E-state index in [2.05, 4.69) is 5.32 Å². The Kier molecular flexibility index (Phi) is 4.96. The van der Waals surface area contributed by atoms with Crippen LogP contribution in [0.4, 0.5) is 4.79 Å². The van der Waals surface area contributed by atoms with Gasteiger partial charge in [0.15, 0.2) is 0 Å². The number of nitrogens with zero attached hydrogens (tertiary/aromatic N) is 1. The molecule has 2 amide bonds. The molecule has 4 nitrogen and oxygen atoms in total. The molecule has 96 valence electrons. The van der Waals surface area contributed by atoms with Crippen LogP contribution < -0.4 is 5.32 Å².